The van der Waals surface area contributed by atoms with Crippen LogP contribution in [0.2, 0.25) is 0 Å². The summed E-state index contributed by atoms with van der Waals surface area (Å²) in [4.78, 5) is 0. The minimum absolute atomic E-state index is 0.394. The highest BCUT2D eigenvalue weighted by atomic mass is 16.5. The van der Waals surface area contributed by atoms with E-state index in [-0.39, 0.29) is 0 Å². The molecule has 104 valence electrons. The second kappa shape index (κ2) is 5.26. The molecular weight excluding hydrogens is 236 g/mol. The number of aliphatic hydroxyl groups is 1. The van der Waals surface area contributed by atoms with Crippen LogP contribution < -0.4 is 0 Å². The Kier molecular flexibility index (Phi) is 3.64. The monoisotopic (exact) mass is 260 g/mol. The highest BCUT2D eigenvalue weighted by Gasteiger charge is 2.43. The van der Waals surface area contributed by atoms with E-state index >= 15 is 0 Å². The summed E-state index contributed by atoms with van der Waals surface area (Å²) in [6, 6.07) is 10.0. The maximum Gasteiger partial charge on any atom is 0.113 e. The van der Waals surface area contributed by atoms with Gasteiger partial charge in [-0.2, -0.15) is 0 Å². The van der Waals surface area contributed by atoms with E-state index in [9.17, 15) is 5.11 Å². The Bertz CT molecular complexity index is 417. The molecule has 2 nitrogen and oxygen atoms in total. The molecule has 2 bridgehead atoms. The van der Waals surface area contributed by atoms with Gasteiger partial charge < -0.3 is 9.84 Å². The van der Waals surface area contributed by atoms with Gasteiger partial charge in [0, 0.05) is 7.11 Å². The van der Waals surface area contributed by atoms with Crippen LogP contribution in [0.3, 0.4) is 0 Å². The number of methoxy groups -OCH3 is 1. The molecule has 0 heterocycles. The van der Waals surface area contributed by atoms with Crippen LogP contribution in [0, 0.1) is 17.8 Å². The molecule has 2 aliphatic rings. The fourth-order valence-corrected chi connectivity index (χ4v) is 4.31. The Morgan fingerprint density at radius 2 is 2.00 bits per heavy atom. The molecule has 0 radical (unpaired) electrons. The summed E-state index contributed by atoms with van der Waals surface area (Å²) in [6.07, 6.45) is 6.33. The zero-order chi connectivity index (χ0) is 13.3. The Hall–Kier alpha value is -0.860. The van der Waals surface area contributed by atoms with Gasteiger partial charge in [0.15, 0.2) is 0 Å². The summed E-state index contributed by atoms with van der Waals surface area (Å²) in [5.74, 6) is 2.45. The van der Waals surface area contributed by atoms with Gasteiger partial charge in [0.05, 0.1) is 6.61 Å². The Labute approximate surface area is 115 Å². The molecular formula is C17H24O2. The van der Waals surface area contributed by atoms with E-state index in [0.717, 1.165) is 23.8 Å². The van der Waals surface area contributed by atoms with Crippen LogP contribution in [0.25, 0.3) is 0 Å². The molecule has 0 amide bonds. The lowest BCUT2D eigenvalue weighted by atomic mass is 9.78. The van der Waals surface area contributed by atoms with Crippen LogP contribution in [-0.2, 0) is 10.3 Å². The first kappa shape index (κ1) is 13.1. The van der Waals surface area contributed by atoms with Crippen molar-refractivity contribution in [1.82, 2.24) is 0 Å². The highest BCUT2D eigenvalue weighted by Crippen LogP contribution is 2.51. The summed E-state index contributed by atoms with van der Waals surface area (Å²) in [5, 5.41) is 11.0. The molecule has 1 N–H and O–H groups in total. The van der Waals surface area contributed by atoms with Gasteiger partial charge in [-0.1, -0.05) is 36.8 Å². The SMILES string of the molecule is COCC(O)(CC1CC2CCC1C2)c1ccccc1. The van der Waals surface area contributed by atoms with Gasteiger partial charge in [-0.25, -0.2) is 0 Å². The summed E-state index contributed by atoms with van der Waals surface area (Å²) >= 11 is 0. The average Bonchev–Trinajstić information content (AvgIpc) is 3.02. The summed E-state index contributed by atoms with van der Waals surface area (Å²) in [6.45, 7) is 0.394. The van der Waals surface area contributed by atoms with Gasteiger partial charge >= 0.3 is 0 Å². The lowest BCUT2D eigenvalue weighted by Gasteiger charge is -2.33. The van der Waals surface area contributed by atoms with E-state index in [4.69, 9.17) is 4.74 Å². The van der Waals surface area contributed by atoms with Gasteiger partial charge in [-0.15, -0.1) is 0 Å². The summed E-state index contributed by atoms with van der Waals surface area (Å²) in [5.41, 5.74) is 0.185. The van der Waals surface area contributed by atoms with Crippen LogP contribution in [0.15, 0.2) is 30.3 Å². The predicted octanol–water partition coefficient (Wildman–Crippen LogP) is 3.35. The first-order valence-electron chi connectivity index (χ1n) is 7.48. The molecule has 4 atom stereocenters. The van der Waals surface area contributed by atoms with E-state index in [1.807, 2.05) is 30.3 Å². The Morgan fingerprint density at radius 3 is 2.58 bits per heavy atom. The van der Waals surface area contributed by atoms with E-state index in [2.05, 4.69) is 0 Å². The number of hydrogen-bond donors (Lipinski definition) is 1. The second-order valence-electron chi connectivity index (χ2n) is 6.47. The third kappa shape index (κ3) is 2.56. The van der Waals surface area contributed by atoms with Crippen LogP contribution >= 0.6 is 0 Å². The molecule has 3 rings (SSSR count). The van der Waals surface area contributed by atoms with Crippen molar-refractivity contribution in [2.45, 2.75) is 37.7 Å². The van der Waals surface area contributed by atoms with Crippen molar-refractivity contribution < 1.29 is 9.84 Å². The fraction of sp³-hybridized carbons (Fsp3) is 0.647. The molecule has 2 fully saturated rings. The lowest BCUT2D eigenvalue weighted by Crippen LogP contribution is -2.35. The number of rotatable bonds is 5. The fourth-order valence-electron chi connectivity index (χ4n) is 4.31. The number of hydrogen-bond acceptors (Lipinski definition) is 2. The maximum absolute atomic E-state index is 11.0. The summed E-state index contributed by atoms with van der Waals surface area (Å²) in [7, 11) is 1.68. The topological polar surface area (TPSA) is 29.5 Å². The molecule has 0 aliphatic heterocycles. The largest absolute Gasteiger partial charge is 0.383 e. The highest BCUT2D eigenvalue weighted by molar-refractivity contribution is 5.23. The van der Waals surface area contributed by atoms with Crippen molar-refractivity contribution in [2.75, 3.05) is 13.7 Å². The van der Waals surface area contributed by atoms with Gasteiger partial charge in [-0.3, -0.25) is 0 Å². The first-order valence-corrected chi connectivity index (χ1v) is 7.48. The standard InChI is InChI=1S/C17H24O2/c1-19-12-17(18,16-5-3-2-4-6-16)11-15-10-13-7-8-14(15)9-13/h2-6,13-15,18H,7-12H2,1H3. The predicted molar refractivity (Wildman–Crippen MR) is 75.8 cm³/mol. The van der Waals surface area contributed by atoms with Crippen molar-refractivity contribution in [1.29, 1.82) is 0 Å². The molecule has 2 heteroatoms. The molecule has 2 saturated carbocycles. The molecule has 0 aromatic heterocycles. The second-order valence-corrected chi connectivity index (χ2v) is 6.47. The van der Waals surface area contributed by atoms with E-state index in [1.54, 1.807) is 7.11 Å². The normalized spacial score (nSPS) is 32.4. The molecule has 2 aliphatic carbocycles. The van der Waals surface area contributed by atoms with E-state index in [1.165, 1.54) is 25.7 Å². The minimum Gasteiger partial charge on any atom is -0.383 e. The number of benzene rings is 1. The van der Waals surface area contributed by atoms with Crippen molar-refractivity contribution in [3.05, 3.63) is 35.9 Å². The molecule has 1 aromatic rings. The van der Waals surface area contributed by atoms with Crippen LogP contribution in [0.1, 0.15) is 37.7 Å². The smallest absolute Gasteiger partial charge is 0.113 e. The maximum atomic E-state index is 11.0. The van der Waals surface area contributed by atoms with E-state index < -0.39 is 5.60 Å². The van der Waals surface area contributed by atoms with Crippen molar-refractivity contribution in [2.24, 2.45) is 17.8 Å². The zero-order valence-corrected chi connectivity index (χ0v) is 11.7. The van der Waals surface area contributed by atoms with Crippen molar-refractivity contribution in [3.63, 3.8) is 0 Å². The van der Waals surface area contributed by atoms with Crippen LogP contribution in [-0.4, -0.2) is 18.8 Å². The van der Waals surface area contributed by atoms with Crippen LogP contribution in [0.5, 0.6) is 0 Å². The third-order valence-corrected chi connectivity index (χ3v) is 5.18. The molecule has 19 heavy (non-hydrogen) atoms. The van der Waals surface area contributed by atoms with E-state index in [0.29, 0.717) is 12.5 Å². The third-order valence-electron chi connectivity index (χ3n) is 5.18. The zero-order valence-electron chi connectivity index (χ0n) is 11.7. The average molecular weight is 260 g/mol. The summed E-state index contributed by atoms with van der Waals surface area (Å²) < 4.78 is 5.30. The number of ether oxygens (including phenoxy) is 1. The first-order chi connectivity index (χ1) is 9.21. The Morgan fingerprint density at radius 1 is 1.21 bits per heavy atom. The minimum atomic E-state index is -0.814. The lowest BCUT2D eigenvalue weighted by molar-refractivity contribution is -0.0577. The van der Waals surface area contributed by atoms with Crippen LogP contribution in [0.4, 0.5) is 0 Å². The van der Waals surface area contributed by atoms with Gasteiger partial charge in [0.1, 0.15) is 5.60 Å². The molecule has 1 aromatic carbocycles. The van der Waals surface area contributed by atoms with Crippen molar-refractivity contribution in [3.8, 4) is 0 Å². The number of fused-ring (bicyclic) bond motifs is 2. The van der Waals surface area contributed by atoms with Gasteiger partial charge in [0.25, 0.3) is 0 Å². The molecule has 0 saturated heterocycles. The van der Waals surface area contributed by atoms with Gasteiger partial charge in [0.2, 0.25) is 0 Å². The molecule has 0 spiro atoms. The Balaban J connectivity index is 1.77. The quantitative estimate of drug-likeness (QED) is 0.879. The van der Waals surface area contributed by atoms with Crippen molar-refractivity contribution >= 4 is 0 Å². The molecule has 4 unspecified atom stereocenters. The van der Waals surface area contributed by atoms with Gasteiger partial charge in [-0.05, 0) is 49.0 Å².